The molecule has 0 spiro atoms. The Morgan fingerprint density at radius 1 is 1.50 bits per heavy atom. The average molecular weight is 251 g/mol. The lowest BCUT2D eigenvalue weighted by Gasteiger charge is -2.27. The van der Waals surface area contributed by atoms with Gasteiger partial charge in [-0.2, -0.15) is 0 Å². The van der Waals surface area contributed by atoms with Crippen molar-refractivity contribution in [1.29, 1.82) is 0 Å². The molecule has 6 nitrogen and oxygen atoms in total. The largest absolute Gasteiger partial charge is 0.478 e. The first kappa shape index (κ1) is 12.8. The van der Waals surface area contributed by atoms with Gasteiger partial charge in [-0.15, -0.1) is 0 Å². The Labute approximate surface area is 106 Å². The number of carboxylic acids is 1. The zero-order chi connectivity index (χ0) is 13.0. The molecule has 2 heterocycles. The molecule has 0 aromatic carbocycles. The van der Waals surface area contributed by atoms with E-state index < -0.39 is 5.97 Å². The van der Waals surface area contributed by atoms with Crippen molar-refractivity contribution in [2.24, 2.45) is 0 Å². The number of nitrogens with one attached hydrogen (secondary N) is 1. The molecule has 0 amide bonds. The van der Waals surface area contributed by atoms with E-state index in [0.29, 0.717) is 25.5 Å². The van der Waals surface area contributed by atoms with Gasteiger partial charge >= 0.3 is 5.97 Å². The van der Waals surface area contributed by atoms with E-state index in [9.17, 15) is 4.79 Å². The fraction of sp³-hybridized carbons (Fsp3) is 0.500. The number of aromatic carboxylic acids is 1. The maximum absolute atomic E-state index is 11.0. The highest BCUT2D eigenvalue weighted by atomic mass is 16.5. The van der Waals surface area contributed by atoms with E-state index in [-0.39, 0.29) is 5.56 Å². The molecule has 98 valence electrons. The van der Waals surface area contributed by atoms with E-state index in [2.05, 4.69) is 10.4 Å². The number of anilines is 1. The van der Waals surface area contributed by atoms with Gasteiger partial charge in [0.15, 0.2) is 0 Å². The summed E-state index contributed by atoms with van der Waals surface area (Å²) in [5.74, 6) is -0.356. The minimum absolute atomic E-state index is 0.262. The number of ether oxygens (including phenoxy) is 1. The SMILES string of the molecule is CCc1cc(C(=O)O)cc(NN2CCOCC2)n1. The van der Waals surface area contributed by atoms with Crippen LogP contribution in [0, 0.1) is 0 Å². The molecule has 6 heteroatoms. The lowest BCUT2D eigenvalue weighted by molar-refractivity contribution is 0.0494. The summed E-state index contributed by atoms with van der Waals surface area (Å²) in [5.41, 5.74) is 4.16. The summed E-state index contributed by atoms with van der Waals surface area (Å²) in [7, 11) is 0. The van der Waals surface area contributed by atoms with Crippen molar-refractivity contribution in [2.75, 3.05) is 31.7 Å². The second kappa shape index (κ2) is 5.79. The Morgan fingerprint density at radius 2 is 2.22 bits per heavy atom. The number of carbonyl (C=O) groups is 1. The molecule has 1 saturated heterocycles. The third-order valence-electron chi connectivity index (χ3n) is 2.77. The van der Waals surface area contributed by atoms with Gasteiger partial charge in [0.1, 0.15) is 5.82 Å². The summed E-state index contributed by atoms with van der Waals surface area (Å²) in [6.07, 6.45) is 0.707. The van der Waals surface area contributed by atoms with Crippen LogP contribution < -0.4 is 5.43 Å². The highest BCUT2D eigenvalue weighted by molar-refractivity contribution is 5.88. The van der Waals surface area contributed by atoms with Crippen LogP contribution >= 0.6 is 0 Å². The van der Waals surface area contributed by atoms with Crippen LogP contribution in [-0.2, 0) is 11.2 Å². The number of pyridine rings is 1. The quantitative estimate of drug-likeness (QED) is 0.831. The minimum atomic E-state index is -0.933. The van der Waals surface area contributed by atoms with Crippen LogP contribution in [0.4, 0.5) is 5.82 Å². The average Bonchev–Trinajstić information content (AvgIpc) is 2.39. The van der Waals surface area contributed by atoms with E-state index >= 15 is 0 Å². The number of morpholine rings is 1. The molecule has 2 rings (SSSR count). The Bertz CT molecular complexity index is 431. The van der Waals surface area contributed by atoms with Gasteiger partial charge in [-0.25, -0.2) is 14.8 Å². The molecule has 2 N–H and O–H groups in total. The van der Waals surface area contributed by atoms with Crippen molar-refractivity contribution < 1.29 is 14.6 Å². The van der Waals surface area contributed by atoms with Crippen LogP contribution in [0.5, 0.6) is 0 Å². The van der Waals surface area contributed by atoms with E-state index in [0.717, 1.165) is 18.8 Å². The number of aromatic nitrogens is 1. The summed E-state index contributed by atoms with van der Waals surface area (Å²) in [4.78, 5) is 15.4. The van der Waals surface area contributed by atoms with Gasteiger partial charge in [-0.05, 0) is 18.6 Å². The fourth-order valence-electron chi connectivity index (χ4n) is 1.79. The van der Waals surface area contributed by atoms with E-state index in [1.54, 1.807) is 12.1 Å². The molecule has 0 atom stereocenters. The third-order valence-corrected chi connectivity index (χ3v) is 2.77. The lowest BCUT2D eigenvalue weighted by Crippen LogP contribution is -2.40. The third kappa shape index (κ3) is 3.18. The minimum Gasteiger partial charge on any atom is -0.478 e. The van der Waals surface area contributed by atoms with Crippen LogP contribution in [0.25, 0.3) is 0 Å². The van der Waals surface area contributed by atoms with Gasteiger partial charge in [0.2, 0.25) is 0 Å². The molecular formula is C12H17N3O3. The maximum Gasteiger partial charge on any atom is 0.335 e. The fourth-order valence-corrected chi connectivity index (χ4v) is 1.79. The normalized spacial score (nSPS) is 16.5. The Hall–Kier alpha value is -1.66. The summed E-state index contributed by atoms with van der Waals surface area (Å²) < 4.78 is 5.25. The zero-order valence-corrected chi connectivity index (χ0v) is 10.3. The summed E-state index contributed by atoms with van der Waals surface area (Å²) in [6.45, 7) is 4.83. The number of hydrogen-bond acceptors (Lipinski definition) is 5. The van der Waals surface area contributed by atoms with Crippen LogP contribution in [0.15, 0.2) is 12.1 Å². The van der Waals surface area contributed by atoms with E-state index in [1.165, 1.54) is 0 Å². The van der Waals surface area contributed by atoms with Gasteiger partial charge in [-0.1, -0.05) is 6.92 Å². The maximum atomic E-state index is 11.0. The van der Waals surface area contributed by atoms with Crippen molar-refractivity contribution in [3.05, 3.63) is 23.4 Å². The number of carboxylic acid groups (broad SMARTS) is 1. The molecule has 1 aromatic heterocycles. The first-order chi connectivity index (χ1) is 8.69. The van der Waals surface area contributed by atoms with E-state index in [4.69, 9.17) is 9.84 Å². The molecule has 1 aromatic rings. The van der Waals surface area contributed by atoms with Crippen LogP contribution in [0.2, 0.25) is 0 Å². The molecule has 0 radical (unpaired) electrons. The highest BCUT2D eigenvalue weighted by Gasteiger charge is 2.13. The summed E-state index contributed by atoms with van der Waals surface area (Å²) in [6, 6.07) is 3.16. The molecule has 1 aliphatic rings. The lowest BCUT2D eigenvalue weighted by atomic mass is 10.2. The number of nitrogens with zero attached hydrogens (tertiary/aromatic N) is 2. The van der Waals surface area contributed by atoms with Gasteiger partial charge < -0.3 is 15.3 Å². The summed E-state index contributed by atoms with van der Waals surface area (Å²) in [5, 5.41) is 11.0. The first-order valence-corrected chi connectivity index (χ1v) is 6.02. The molecule has 1 aliphatic heterocycles. The molecule has 0 bridgehead atoms. The molecule has 0 aliphatic carbocycles. The second-order valence-corrected chi connectivity index (χ2v) is 4.10. The molecule has 18 heavy (non-hydrogen) atoms. The van der Waals surface area contributed by atoms with Gasteiger partial charge in [0.25, 0.3) is 0 Å². The summed E-state index contributed by atoms with van der Waals surface area (Å²) >= 11 is 0. The second-order valence-electron chi connectivity index (χ2n) is 4.10. The zero-order valence-electron chi connectivity index (χ0n) is 10.3. The van der Waals surface area contributed by atoms with Crippen molar-refractivity contribution in [1.82, 2.24) is 9.99 Å². The smallest absolute Gasteiger partial charge is 0.335 e. The van der Waals surface area contributed by atoms with Crippen LogP contribution in [0.1, 0.15) is 23.0 Å². The number of hydrogen-bond donors (Lipinski definition) is 2. The Morgan fingerprint density at radius 3 is 2.83 bits per heavy atom. The monoisotopic (exact) mass is 251 g/mol. The molecule has 0 saturated carbocycles. The van der Waals surface area contributed by atoms with Gasteiger partial charge in [-0.3, -0.25) is 0 Å². The Kier molecular flexibility index (Phi) is 4.11. The first-order valence-electron chi connectivity index (χ1n) is 6.02. The highest BCUT2D eigenvalue weighted by Crippen LogP contribution is 2.12. The standard InChI is InChI=1S/C12H17N3O3/c1-2-10-7-9(12(16)17)8-11(13-10)14-15-3-5-18-6-4-15/h7-8H,2-6H2,1H3,(H,13,14)(H,16,17). The van der Waals surface area contributed by atoms with Crippen molar-refractivity contribution in [3.8, 4) is 0 Å². The molecule has 1 fully saturated rings. The molecular weight excluding hydrogens is 234 g/mol. The van der Waals surface area contributed by atoms with E-state index in [1.807, 2.05) is 11.9 Å². The Balaban J connectivity index is 2.15. The predicted molar refractivity (Wildman–Crippen MR) is 66.6 cm³/mol. The van der Waals surface area contributed by atoms with Gasteiger partial charge in [0.05, 0.1) is 18.8 Å². The molecule has 0 unspecified atom stereocenters. The van der Waals surface area contributed by atoms with Crippen LogP contribution in [-0.4, -0.2) is 47.4 Å². The predicted octanol–water partition coefficient (Wildman–Crippen LogP) is 1.00. The number of rotatable bonds is 4. The number of hydrazine groups is 1. The van der Waals surface area contributed by atoms with Crippen molar-refractivity contribution in [3.63, 3.8) is 0 Å². The van der Waals surface area contributed by atoms with Gasteiger partial charge in [0, 0.05) is 18.8 Å². The topological polar surface area (TPSA) is 74.7 Å². The number of aryl methyl sites for hydroxylation is 1. The van der Waals surface area contributed by atoms with Crippen LogP contribution in [0.3, 0.4) is 0 Å². The van der Waals surface area contributed by atoms with Crippen molar-refractivity contribution >= 4 is 11.8 Å². The van der Waals surface area contributed by atoms with Crippen molar-refractivity contribution in [2.45, 2.75) is 13.3 Å².